The lowest BCUT2D eigenvalue weighted by Crippen LogP contribution is -2.34. The van der Waals surface area contributed by atoms with E-state index in [1.54, 1.807) is 0 Å². The number of imide groups is 1. The highest BCUT2D eigenvalue weighted by atomic mass is 16.2. The Hall–Kier alpha value is -2.88. The summed E-state index contributed by atoms with van der Waals surface area (Å²) in [5, 5.41) is 0. The maximum absolute atomic E-state index is 13.6. The molecule has 4 heteroatoms. The second kappa shape index (κ2) is 7.42. The summed E-state index contributed by atoms with van der Waals surface area (Å²) in [6.07, 6.45) is 2.09. The van der Waals surface area contributed by atoms with Crippen LogP contribution in [0.5, 0.6) is 0 Å². The van der Waals surface area contributed by atoms with E-state index in [0.717, 1.165) is 42.6 Å². The third-order valence-electron chi connectivity index (χ3n) is 6.12. The number of likely N-dealkylation sites (tertiary alicyclic amines) is 1. The first kappa shape index (κ1) is 20.4. The molecule has 0 aliphatic carbocycles. The molecule has 2 aliphatic heterocycles. The van der Waals surface area contributed by atoms with Crippen molar-refractivity contribution in [3.63, 3.8) is 0 Å². The van der Waals surface area contributed by atoms with Crippen molar-refractivity contribution < 1.29 is 9.59 Å². The summed E-state index contributed by atoms with van der Waals surface area (Å²) in [7, 11) is 0. The predicted octanol–water partition coefficient (Wildman–Crippen LogP) is 4.98. The molecule has 0 radical (unpaired) electrons. The third kappa shape index (κ3) is 3.45. The quantitative estimate of drug-likeness (QED) is 0.680. The summed E-state index contributed by atoms with van der Waals surface area (Å²) >= 11 is 0. The normalized spacial score (nSPS) is 17.5. The number of anilines is 1. The van der Waals surface area contributed by atoms with Crippen LogP contribution < -0.4 is 4.90 Å². The van der Waals surface area contributed by atoms with Crippen LogP contribution in [0.15, 0.2) is 48.2 Å². The van der Waals surface area contributed by atoms with E-state index < -0.39 is 0 Å². The fourth-order valence-corrected chi connectivity index (χ4v) is 4.43. The van der Waals surface area contributed by atoms with Crippen molar-refractivity contribution in [2.45, 2.75) is 52.9 Å². The molecule has 0 spiro atoms. The van der Waals surface area contributed by atoms with E-state index in [-0.39, 0.29) is 17.2 Å². The van der Waals surface area contributed by atoms with Gasteiger partial charge in [0.25, 0.3) is 11.8 Å². The van der Waals surface area contributed by atoms with Crippen molar-refractivity contribution >= 4 is 23.1 Å². The van der Waals surface area contributed by atoms with Crippen LogP contribution in [0.25, 0.3) is 5.57 Å². The maximum Gasteiger partial charge on any atom is 0.282 e. The van der Waals surface area contributed by atoms with Gasteiger partial charge in [0.15, 0.2) is 0 Å². The summed E-state index contributed by atoms with van der Waals surface area (Å²) < 4.78 is 0. The lowest BCUT2D eigenvalue weighted by atomic mass is 9.87. The van der Waals surface area contributed by atoms with Crippen LogP contribution in [0.2, 0.25) is 0 Å². The molecule has 0 unspecified atom stereocenters. The highest BCUT2D eigenvalue weighted by Gasteiger charge is 2.43. The van der Waals surface area contributed by atoms with Crippen molar-refractivity contribution in [3.05, 3.63) is 70.4 Å². The molecule has 0 bridgehead atoms. The Morgan fingerprint density at radius 3 is 2.03 bits per heavy atom. The van der Waals surface area contributed by atoms with E-state index in [0.29, 0.717) is 17.0 Å². The number of benzene rings is 2. The average molecular weight is 403 g/mol. The van der Waals surface area contributed by atoms with Crippen LogP contribution in [0.4, 0.5) is 5.69 Å². The molecule has 2 amide bonds. The topological polar surface area (TPSA) is 40.6 Å². The molecule has 2 heterocycles. The first-order valence-electron chi connectivity index (χ1n) is 10.7. The van der Waals surface area contributed by atoms with Gasteiger partial charge in [0, 0.05) is 13.1 Å². The minimum absolute atomic E-state index is 0.0146. The molecule has 0 N–H and O–H groups in total. The molecule has 30 heavy (non-hydrogen) atoms. The number of carbonyl (C=O) groups is 2. The number of rotatable bonds is 3. The second-order valence-electron chi connectivity index (χ2n) is 9.48. The molecule has 2 aromatic carbocycles. The summed E-state index contributed by atoms with van der Waals surface area (Å²) in [5.41, 5.74) is 5.94. The molecule has 1 fully saturated rings. The summed E-state index contributed by atoms with van der Waals surface area (Å²) in [6.45, 7) is 12.1. The largest absolute Gasteiger partial charge is 0.366 e. The minimum Gasteiger partial charge on any atom is -0.366 e. The number of aryl methyl sites for hydroxylation is 2. The monoisotopic (exact) mass is 402 g/mol. The van der Waals surface area contributed by atoms with E-state index in [2.05, 4.69) is 31.7 Å². The Kier molecular flexibility index (Phi) is 5.05. The van der Waals surface area contributed by atoms with Crippen LogP contribution >= 0.6 is 0 Å². The van der Waals surface area contributed by atoms with Gasteiger partial charge < -0.3 is 4.90 Å². The molecule has 2 aliphatic rings. The van der Waals surface area contributed by atoms with Gasteiger partial charge in [-0.15, -0.1) is 0 Å². The highest BCUT2D eigenvalue weighted by Crippen LogP contribution is 2.37. The Morgan fingerprint density at radius 1 is 0.833 bits per heavy atom. The van der Waals surface area contributed by atoms with Gasteiger partial charge >= 0.3 is 0 Å². The first-order valence-corrected chi connectivity index (χ1v) is 10.7. The lowest BCUT2D eigenvalue weighted by molar-refractivity contribution is -0.120. The van der Waals surface area contributed by atoms with Gasteiger partial charge in [-0.3, -0.25) is 9.59 Å². The Morgan fingerprint density at radius 2 is 1.47 bits per heavy atom. The molecule has 4 nitrogen and oxygen atoms in total. The Bertz CT molecular complexity index is 1040. The van der Waals surface area contributed by atoms with Crippen molar-refractivity contribution in [1.82, 2.24) is 4.90 Å². The fraction of sp³-hybridized carbons (Fsp3) is 0.385. The van der Waals surface area contributed by atoms with E-state index in [9.17, 15) is 9.59 Å². The fourth-order valence-electron chi connectivity index (χ4n) is 4.43. The van der Waals surface area contributed by atoms with Crippen LogP contribution in [0.3, 0.4) is 0 Å². The zero-order valence-corrected chi connectivity index (χ0v) is 18.6. The van der Waals surface area contributed by atoms with Crippen LogP contribution in [0, 0.1) is 13.8 Å². The first-order chi connectivity index (χ1) is 14.2. The van der Waals surface area contributed by atoms with Gasteiger partial charge in [-0.25, -0.2) is 4.90 Å². The number of hydrogen-bond acceptors (Lipinski definition) is 3. The van der Waals surface area contributed by atoms with Gasteiger partial charge in [-0.1, -0.05) is 56.7 Å². The minimum atomic E-state index is -0.225. The van der Waals surface area contributed by atoms with Gasteiger partial charge in [0.1, 0.15) is 5.70 Å². The summed E-state index contributed by atoms with van der Waals surface area (Å²) in [5.74, 6) is -0.433. The molecule has 4 rings (SSSR count). The van der Waals surface area contributed by atoms with Gasteiger partial charge in [-0.05, 0) is 60.9 Å². The lowest BCUT2D eigenvalue weighted by Gasteiger charge is -2.22. The zero-order valence-electron chi connectivity index (χ0n) is 18.6. The summed E-state index contributed by atoms with van der Waals surface area (Å²) in [4.78, 5) is 30.6. The number of carbonyl (C=O) groups excluding carboxylic acids is 2. The van der Waals surface area contributed by atoms with Gasteiger partial charge in [-0.2, -0.15) is 0 Å². The van der Waals surface area contributed by atoms with Crippen molar-refractivity contribution in [2.24, 2.45) is 0 Å². The molecular formula is C26H30N2O2. The van der Waals surface area contributed by atoms with E-state index in [4.69, 9.17) is 0 Å². The van der Waals surface area contributed by atoms with Crippen molar-refractivity contribution in [1.29, 1.82) is 0 Å². The van der Waals surface area contributed by atoms with Crippen molar-refractivity contribution in [2.75, 3.05) is 18.0 Å². The number of amides is 2. The van der Waals surface area contributed by atoms with Gasteiger partial charge in [0.05, 0.1) is 11.3 Å². The Labute approximate surface area is 179 Å². The highest BCUT2D eigenvalue weighted by molar-refractivity contribution is 6.45. The van der Waals surface area contributed by atoms with Crippen LogP contribution in [-0.4, -0.2) is 29.8 Å². The molecule has 0 aromatic heterocycles. The SMILES string of the molecule is Cc1ccc(C2=C(N3CCCC3)C(=O)N(c3ccc(C(C)(C)C)cc3)C2=O)c(C)c1. The molecule has 1 saturated heterocycles. The average Bonchev–Trinajstić information content (AvgIpc) is 3.28. The van der Waals surface area contributed by atoms with Gasteiger partial charge in [0.2, 0.25) is 0 Å². The molecule has 0 atom stereocenters. The third-order valence-corrected chi connectivity index (χ3v) is 6.12. The smallest absolute Gasteiger partial charge is 0.282 e. The van der Waals surface area contributed by atoms with E-state index in [1.807, 2.05) is 50.2 Å². The standard InChI is InChI=1S/C26H30N2O2/c1-17-8-13-21(18(2)16-17)22-23(27-14-6-7-15-27)25(30)28(24(22)29)20-11-9-19(10-12-20)26(3,4)5/h8-13,16H,6-7,14-15H2,1-5H3. The molecule has 156 valence electrons. The zero-order chi connectivity index (χ0) is 21.6. The number of hydrogen-bond donors (Lipinski definition) is 0. The Balaban J connectivity index is 1.80. The predicted molar refractivity (Wildman–Crippen MR) is 121 cm³/mol. The molecular weight excluding hydrogens is 372 g/mol. The second-order valence-corrected chi connectivity index (χ2v) is 9.48. The molecule has 2 aromatic rings. The molecule has 0 saturated carbocycles. The van der Waals surface area contributed by atoms with Crippen LogP contribution in [0.1, 0.15) is 55.9 Å². The van der Waals surface area contributed by atoms with E-state index >= 15 is 0 Å². The maximum atomic E-state index is 13.6. The summed E-state index contributed by atoms with van der Waals surface area (Å²) in [6, 6.07) is 13.9. The van der Waals surface area contributed by atoms with Crippen LogP contribution in [-0.2, 0) is 15.0 Å². The van der Waals surface area contributed by atoms with Crippen molar-refractivity contribution in [3.8, 4) is 0 Å². The van der Waals surface area contributed by atoms with E-state index in [1.165, 1.54) is 10.5 Å². The number of nitrogens with zero attached hydrogens (tertiary/aromatic N) is 2.